The Labute approximate surface area is 226 Å². The number of pyridine rings is 1. The highest BCUT2D eigenvalue weighted by atomic mass is 32.1. The van der Waals surface area contributed by atoms with Crippen LogP contribution < -0.4 is 24.7 Å². The SMILES string of the molecule is COc1ccc(-c2cc3ccccc3nc2C2CC(c3cc(OC)c(OC)c(OC)c3)=NN2C(N)=S)cc1. The van der Waals surface area contributed by atoms with Gasteiger partial charge in [-0.25, -0.2) is 9.99 Å². The molecular weight excluding hydrogens is 500 g/mol. The lowest BCUT2D eigenvalue weighted by Crippen LogP contribution is -2.32. The summed E-state index contributed by atoms with van der Waals surface area (Å²) in [5, 5.41) is 7.70. The molecule has 3 aromatic carbocycles. The molecule has 1 aliphatic heterocycles. The van der Waals surface area contributed by atoms with Crippen LogP contribution in [0.25, 0.3) is 22.0 Å². The molecule has 38 heavy (non-hydrogen) atoms. The van der Waals surface area contributed by atoms with Crippen LogP contribution in [0.1, 0.15) is 23.7 Å². The fourth-order valence-electron chi connectivity index (χ4n) is 4.74. The van der Waals surface area contributed by atoms with Crippen LogP contribution in [0.15, 0.2) is 71.8 Å². The summed E-state index contributed by atoms with van der Waals surface area (Å²) in [4.78, 5) is 5.10. The van der Waals surface area contributed by atoms with Gasteiger partial charge in [-0.15, -0.1) is 0 Å². The fourth-order valence-corrected chi connectivity index (χ4v) is 4.90. The molecule has 9 heteroatoms. The molecule has 0 spiro atoms. The van der Waals surface area contributed by atoms with Crippen molar-refractivity contribution in [2.75, 3.05) is 28.4 Å². The van der Waals surface area contributed by atoms with Gasteiger partial charge in [0.15, 0.2) is 16.6 Å². The van der Waals surface area contributed by atoms with E-state index in [0.29, 0.717) is 23.7 Å². The molecule has 8 nitrogen and oxygen atoms in total. The summed E-state index contributed by atoms with van der Waals surface area (Å²) in [6.07, 6.45) is 0.518. The van der Waals surface area contributed by atoms with Crippen molar-refractivity contribution < 1.29 is 18.9 Å². The van der Waals surface area contributed by atoms with E-state index in [1.807, 2.05) is 54.6 Å². The predicted molar refractivity (Wildman–Crippen MR) is 152 cm³/mol. The number of aromatic nitrogens is 1. The van der Waals surface area contributed by atoms with Crippen molar-refractivity contribution in [1.29, 1.82) is 0 Å². The Bertz CT molecular complexity index is 1510. The van der Waals surface area contributed by atoms with Crippen LogP contribution in [0.4, 0.5) is 0 Å². The number of ether oxygens (including phenoxy) is 4. The lowest BCUT2D eigenvalue weighted by Gasteiger charge is -2.24. The third-order valence-corrected chi connectivity index (χ3v) is 6.79. The number of nitrogens with two attached hydrogens (primary N) is 1. The van der Waals surface area contributed by atoms with Gasteiger partial charge in [0.05, 0.1) is 45.4 Å². The molecule has 1 unspecified atom stereocenters. The van der Waals surface area contributed by atoms with E-state index in [2.05, 4.69) is 12.1 Å². The molecule has 1 aromatic heterocycles. The first-order chi connectivity index (χ1) is 18.5. The van der Waals surface area contributed by atoms with Gasteiger partial charge in [0.1, 0.15) is 11.8 Å². The first-order valence-electron chi connectivity index (χ1n) is 12.0. The number of para-hydroxylation sites is 1. The Hall–Kier alpha value is -4.37. The van der Waals surface area contributed by atoms with Crippen LogP contribution in [0.5, 0.6) is 23.0 Å². The van der Waals surface area contributed by atoms with Crippen LogP contribution in [0.3, 0.4) is 0 Å². The van der Waals surface area contributed by atoms with Crippen molar-refractivity contribution in [3.05, 3.63) is 78.0 Å². The third-order valence-electron chi connectivity index (χ3n) is 6.60. The zero-order chi connectivity index (χ0) is 26.8. The molecule has 0 saturated carbocycles. The third kappa shape index (κ3) is 4.56. The van der Waals surface area contributed by atoms with Crippen LogP contribution >= 0.6 is 12.2 Å². The van der Waals surface area contributed by atoms with Crippen molar-refractivity contribution in [2.45, 2.75) is 12.5 Å². The van der Waals surface area contributed by atoms with E-state index in [1.54, 1.807) is 33.4 Å². The molecule has 0 amide bonds. The highest BCUT2D eigenvalue weighted by Crippen LogP contribution is 2.42. The number of methoxy groups -OCH3 is 4. The number of rotatable bonds is 7. The number of hydrogen-bond acceptors (Lipinski definition) is 7. The van der Waals surface area contributed by atoms with Gasteiger partial charge in [-0.05, 0) is 54.2 Å². The van der Waals surface area contributed by atoms with Crippen molar-refractivity contribution in [1.82, 2.24) is 9.99 Å². The summed E-state index contributed by atoms with van der Waals surface area (Å²) in [5.74, 6) is 2.37. The molecule has 2 N–H and O–H groups in total. The Kier molecular flexibility index (Phi) is 7.02. The van der Waals surface area contributed by atoms with Gasteiger partial charge < -0.3 is 24.7 Å². The summed E-state index contributed by atoms with van der Waals surface area (Å²) in [6, 6.07) is 21.5. The van der Waals surface area contributed by atoms with Gasteiger partial charge in [0.25, 0.3) is 0 Å². The van der Waals surface area contributed by atoms with Gasteiger partial charge in [-0.2, -0.15) is 5.10 Å². The minimum absolute atomic E-state index is 0.160. The van der Waals surface area contributed by atoms with E-state index in [4.69, 9.17) is 47.0 Å². The first-order valence-corrected chi connectivity index (χ1v) is 12.4. The molecule has 5 rings (SSSR count). The largest absolute Gasteiger partial charge is 0.497 e. The molecule has 2 heterocycles. The molecule has 1 atom stereocenters. The van der Waals surface area contributed by atoms with Gasteiger partial charge in [0, 0.05) is 22.9 Å². The van der Waals surface area contributed by atoms with E-state index in [1.165, 1.54) is 0 Å². The fraction of sp³-hybridized carbons (Fsp3) is 0.207. The van der Waals surface area contributed by atoms with Crippen molar-refractivity contribution in [2.24, 2.45) is 10.8 Å². The molecule has 0 saturated heterocycles. The molecule has 1 aliphatic rings. The summed E-state index contributed by atoms with van der Waals surface area (Å²) >= 11 is 5.44. The van der Waals surface area contributed by atoms with Crippen molar-refractivity contribution >= 4 is 33.9 Å². The standard InChI is InChI=1S/C29H28N4O4S/c1-34-20-11-9-17(10-12-20)21-13-18-7-5-6-8-22(18)31-27(21)24-16-23(32-33(24)29(30)38)19-14-25(35-2)28(37-4)26(15-19)36-3/h5-15,24H,16H2,1-4H3,(H2,30,38). The van der Waals surface area contributed by atoms with E-state index < -0.39 is 0 Å². The second-order valence-electron chi connectivity index (χ2n) is 8.71. The first kappa shape index (κ1) is 25.3. The maximum Gasteiger partial charge on any atom is 0.203 e. The number of thiocarbonyl (C=S) groups is 1. The Morgan fingerprint density at radius 1 is 0.868 bits per heavy atom. The number of benzene rings is 3. The maximum absolute atomic E-state index is 6.20. The number of hydrazone groups is 1. The Balaban J connectivity index is 1.64. The second-order valence-corrected chi connectivity index (χ2v) is 9.12. The quantitative estimate of drug-likeness (QED) is 0.322. The van der Waals surface area contributed by atoms with Gasteiger partial charge in [0.2, 0.25) is 5.75 Å². The maximum atomic E-state index is 6.20. The highest BCUT2D eigenvalue weighted by molar-refractivity contribution is 7.80. The van der Waals surface area contributed by atoms with E-state index in [0.717, 1.165) is 44.7 Å². The van der Waals surface area contributed by atoms with Crippen LogP contribution in [-0.2, 0) is 0 Å². The lowest BCUT2D eigenvalue weighted by molar-refractivity contribution is 0.324. The topological polar surface area (TPSA) is 91.4 Å². The van der Waals surface area contributed by atoms with Crippen LogP contribution in [-0.4, -0.2) is 49.3 Å². The minimum atomic E-state index is -0.316. The minimum Gasteiger partial charge on any atom is -0.497 e. The van der Waals surface area contributed by atoms with E-state index in [9.17, 15) is 0 Å². The monoisotopic (exact) mass is 528 g/mol. The van der Waals surface area contributed by atoms with Crippen molar-refractivity contribution in [3.8, 4) is 34.1 Å². The molecule has 194 valence electrons. The lowest BCUT2D eigenvalue weighted by atomic mass is 9.94. The Morgan fingerprint density at radius 2 is 1.55 bits per heavy atom. The summed E-state index contributed by atoms with van der Waals surface area (Å²) in [7, 11) is 6.39. The normalized spacial score (nSPS) is 14.8. The van der Waals surface area contributed by atoms with Crippen LogP contribution in [0.2, 0.25) is 0 Å². The van der Waals surface area contributed by atoms with Gasteiger partial charge >= 0.3 is 0 Å². The van der Waals surface area contributed by atoms with Gasteiger partial charge in [-0.1, -0.05) is 30.3 Å². The number of nitrogens with zero attached hydrogens (tertiary/aromatic N) is 3. The van der Waals surface area contributed by atoms with E-state index in [-0.39, 0.29) is 11.2 Å². The zero-order valence-corrected chi connectivity index (χ0v) is 22.4. The average molecular weight is 529 g/mol. The predicted octanol–water partition coefficient (Wildman–Crippen LogP) is 5.33. The molecule has 0 aliphatic carbocycles. The molecule has 0 fully saturated rings. The second kappa shape index (κ2) is 10.5. The van der Waals surface area contributed by atoms with E-state index >= 15 is 0 Å². The zero-order valence-electron chi connectivity index (χ0n) is 21.6. The smallest absolute Gasteiger partial charge is 0.203 e. The summed E-state index contributed by atoms with van der Waals surface area (Å²) < 4.78 is 22.0. The number of fused-ring (bicyclic) bond motifs is 1. The average Bonchev–Trinajstić information content (AvgIpc) is 3.41. The van der Waals surface area contributed by atoms with Crippen molar-refractivity contribution in [3.63, 3.8) is 0 Å². The summed E-state index contributed by atoms with van der Waals surface area (Å²) in [5.41, 5.74) is 11.5. The Morgan fingerprint density at radius 3 is 2.16 bits per heavy atom. The molecule has 0 radical (unpaired) electrons. The summed E-state index contributed by atoms with van der Waals surface area (Å²) in [6.45, 7) is 0. The molecular formula is C29H28N4O4S. The molecule has 4 aromatic rings. The number of hydrogen-bond donors (Lipinski definition) is 1. The molecule has 0 bridgehead atoms. The van der Waals surface area contributed by atoms with Crippen LogP contribution in [0, 0.1) is 0 Å². The van der Waals surface area contributed by atoms with Gasteiger partial charge in [-0.3, -0.25) is 0 Å². The highest BCUT2D eigenvalue weighted by Gasteiger charge is 2.34.